The van der Waals surface area contributed by atoms with Crippen LogP contribution in [-0.2, 0) is 13.9 Å². The molecular formula is C7H18O3SSi. The van der Waals surface area contributed by atoms with Crippen molar-refractivity contribution in [3.05, 3.63) is 0 Å². The molecule has 0 rings (SSSR count). The Kier molecular flexibility index (Phi) is 7.17. The Labute approximate surface area is 82.7 Å². The number of hydrogen-bond donors (Lipinski definition) is 1. The molecule has 0 N–H and O–H groups in total. The van der Waals surface area contributed by atoms with E-state index in [1.807, 2.05) is 0 Å². The first kappa shape index (κ1) is 12.4. The third-order valence-electron chi connectivity index (χ3n) is 1.82. The van der Waals surface area contributed by atoms with Gasteiger partial charge in [-0.25, -0.2) is 0 Å². The van der Waals surface area contributed by atoms with Crippen LogP contribution in [0.4, 0.5) is 0 Å². The second kappa shape index (κ2) is 6.91. The summed E-state index contributed by atoms with van der Waals surface area (Å²) in [5.74, 6) is 0.0970. The predicted molar refractivity (Wildman–Crippen MR) is 55.5 cm³/mol. The van der Waals surface area contributed by atoms with Crippen LogP contribution in [0.15, 0.2) is 0 Å². The molecule has 0 unspecified atom stereocenters. The molecule has 0 aromatic heterocycles. The van der Waals surface area contributed by atoms with Gasteiger partial charge in [0.15, 0.2) is 10.5 Å². The normalized spacial score (nSPS) is 12.2. The summed E-state index contributed by atoms with van der Waals surface area (Å²) in [7, 11) is 3.81. The topological polar surface area (TPSA) is 27.7 Å². The molecule has 12 heavy (non-hydrogen) atoms. The van der Waals surface area contributed by atoms with E-state index in [2.05, 4.69) is 12.6 Å². The minimum absolute atomic E-state index is 0.615. The lowest BCUT2D eigenvalue weighted by molar-refractivity contribution is -0.325. The summed E-state index contributed by atoms with van der Waals surface area (Å²) in [6, 6.07) is 0. The number of thiol groups is 1. The molecule has 0 radical (unpaired) electrons. The van der Waals surface area contributed by atoms with Crippen molar-refractivity contribution in [3.63, 3.8) is 0 Å². The standard InChI is InChI=1S/C7H18O3SSi/c1-8-7(9-2,10-12)5-3-4-6-11/h11H,3-6H2,1-2,12H3. The lowest BCUT2D eigenvalue weighted by Gasteiger charge is -2.29. The van der Waals surface area contributed by atoms with E-state index in [0.29, 0.717) is 10.5 Å². The molecule has 3 nitrogen and oxygen atoms in total. The van der Waals surface area contributed by atoms with Gasteiger partial charge in [0.1, 0.15) is 0 Å². The zero-order chi connectivity index (χ0) is 9.45. The van der Waals surface area contributed by atoms with Crippen molar-refractivity contribution in [2.45, 2.75) is 25.2 Å². The summed E-state index contributed by atoms with van der Waals surface area (Å²) >= 11 is 4.12. The van der Waals surface area contributed by atoms with Gasteiger partial charge in [0, 0.05) is 20.6 Å². The van der Waals surface area contributed by atoms with Gasteiger partial charge in [-0.15, -0.1) is 0 Å². The Bertz CT molecular complexity index is 101. The predicted octanol–water partition coefficient (Wildman–Crippen LogP) is 0.330. The molecule has 0 aliphatic carbocycles. The van der Waals surface area contributed by atoms with E-state index in [1.165, 1.54) is 0 Å². The SMILES string of the molecule is COC(CCCCS)(OC)O[SiH3]. The van der Waals surface area contributed by atoms with Gasteiger partial charge in [0.05, 0.1) is 0 Å². The van der Waals surface area contributed by atoms with Crippen LogP contribution in [0.3, 0.4) is 0 Å². The summed E-state index contributed by atoms with van der Waals surface area (Å²) in [6.07, 6.45) is 2.83. The Morgan fingerprint density at radius 3 is 2.17 bits per heavy atom. The molecular weight excluding hydrogens is 192 g/mol. The van der Waals surface area contributed by atoms with Crippen LogP contribution in [0.1, 0.15) is 19.3 Å². The van der Waals surface area contributed by atoms with Gasteiger partial charge >= 0.3 is 0 Å². The van der Waals surface area contributed by atoms with Gasteiger partial charge in [0.25, 0.3) is 5.97 Å². The van der Waals surface area contributed by atoms with Crippen molar-refractivity contribution in [3.8, 4) is 0 Å². The minimum Gasteiger partial charge on any atom is -0.380 e. The third kappa shape index (κ3) is 3.91. The molecule has 0 saturated heterocycles. The Morgan fingerprint density at radius 2 is 1.83 bits per heavy atom. The molecule has 0 fully saturated rings. The van der Waals surface area contributed by atoms with E-state index >= 15 is 0 Å². The van der Waals surface area contributed by atoms with Crippen molar-refractivity contribution < 1.29 is 13.9 Å². The first-order chi connectivity index (χ1) is 5.74. The van der Waals surface area contributed by atoms with E-state index in [0.717, 1.165) is 25.0 Å². The average molecular weight is 210 g/mol. The van der Waals surface area contributed by atoms with E-state index in [4.69, 9.17) is 13.9 Å². The van der Waals surface area contributed by atoms with Gasteiger partial charge in [0.2, 0.25) is 0 Å². The quantitative estimate of drug-likeness (QED) is 0.284. The largest absolute Gasteiger partial charge is 0.380 e. The van der Waals surface area contributed by atoms with Crippen LogP contribution < -0.4 is 0 Å². The van der Waals surface area contributed by atoms with E-state index in [-0.39, 0.29) is 0 Å². The molecule has 0 heterocycles. The molecule has 0 atom stereocenters. The first-order valence-corrected chi connectivity index (χ1v) is 5.46. The molecule has 0 amide bonds. The van der Waals surface area contributed by atoms with Crippen molar-refractivity contribution >= 4 is 23.1 Å². The molecule has 0 aromatic carbocycles. The monoisotopic (exact) mass is 210 g/mol. The Morgan fingerprint density at radius 1 is 1.25 bits per heavy atom. The second-order valence-electron chi connectivity index (χ2n) is 2.48. The molecule has 0 aromatic rings. The van der Waals surface area contributed by atoms with Crippen molar-refractivity contribution in [2.75, 3.05) is 20.0 Å². The van der Waals surface area contributed by atoms with Gasteiger partial charge < -0.3 is 13.9 Å². The third-order valence-corrected chi connectivity index (χ3v) is 2.76. The van der Waals surface area contributed by atoms with Gasteiger partial charge in [-0.3, -0.25) is 0 Å². The molecule has 74 valence electrons. The summed E-state index contributed by atoms with van der Waals surface area (Å²) in [5, 5.41) is 0. The highest BCUT2D eigenvalue weighted by Gasteiger charge is 2.27. The number of methoxy groups -OCH3 is 2. The summed E-state index contributed by atoms with van der Waals surface area (Å²) in [5.41, 5.74) is 0. The first-order valence-electron chi connectivity index (χ1n) is 4.01. The van der Waals surface area contributed by atoms with E-state index < -0.39 is 5.97 Å². The van der Waals surface area contributed by atoms with Gasteiger partial charge in [-0.1, -0.05) is 0 Å². The fraction of sp³-hybridized carbons (Fsp3) is 1.00. The summed E-state index contributed by atoms with van der Waals surface area (Å²) < 4.78 is 15.5. The van der Waals surface area contributed by atoms with Crippen LogP contribution in [0.5, 0.6) is 0 Å². The highest BCUT2D eigenvalue weighted by Crippen LogP contribution is 2.19. The average Bonchev–Trinajstić information content (AvgIpc) is 2.14. The van der Waals surface area contributed by atoms with Crippen LogP contribution in [0.25, 0.3) is 0 Å². The molecule has 5 heteroatoms. The van der Waals surface area contributed by atoms with E-state index in [1.54, 1.807) is 14.2 Å². The van der Waals surface area contributed by atoms with Crippen molar-refractivity contribution in [2.24, 2.45) is 0 Å². The number of hydrogen-bond acceptors (Lipinski definition) is 4. The van der Waals surface area contributed by atoms with Crippen molar-refractivity contribution in [1.82, 2.24) is 0 Å². The smallest absolute Gasteiger partial charge is 0.272 e. The molecule has 0 saturated carbocycles. The maximum absolute atomic E-state index is 5.25. The molecule has 0 bridgehead atoms. The molecule has 0 aliphatic rings. The maximum Gasteiger partial charge on any atom is 0.272 e. The molecule has 0 aliphatic heterocycles. The minimum atomic E-state index is -0.796. The molecule has 0 spiro atoms. The van der Waals surface area contributed by atoms with Crippen LogP contribution in [0.2, 0.25) is 0 Å². The number of unbranched alkanes of at least 4 members (excludes halogenated alkanes) is 1. The fourth-order valence-corrected chi connectivity index (χ4v) is 1.77. The van der Waals surface area contributed by atoms with Gasteiger partial charge in [-0.2, -0.15) is 12.6 Å². The highest BCUT2D eigenvalue weighted by atomic mass is 32.1. The second-order valence-corrected chi connectivity index (χ2v) is 3.33. The van der Waals surface area contributed by atoms with Crippen LogP contribution >= 0.6 is 12.6 Å². The van der Waals surface area contributed by atoms with Crippen LogP contribution in [0, 0.1) is 0 Å². The lowest BCUT2D eigenvalue weighted by Crippen LogP contribution is -2.36. The van der Waals surface area contributed by atoms with E-state index in [9.17, 15) is 0 Å². The number of ether oxygens (including phenoxy) is 2. The Hall–Kier alpha value is 0.447. The highest BCUT2D eigenvalue weighted by molar-refractivity contribution is 7.80. The summed E-state index contributed by atoms with van der Waals surface area (Å²) in [6.45, 7) is 0. The Balaban J connectivity index is 3.76. The number of rotatable bonds is 7. The fourth-order valence-electron chi connectivity index (χ4n) is 1.01. The maximum atomic E-state index is 5.25. The zero-order valence-electron chi connectivity index (χ0n) is 8.00. The lowest BCUT2D eigenvalue weighted by atomic mass is 10.2. The van der Waals surface area contributed by atoms with Gasteiger partial charge in [-0.05, 0) is 18.6 Å². The van der Waals surface area contributed by atoms with Crippen LogP contribution in [-0.4, -0.2) is 36.4 Å². The van der Waals surface area contributed by atoms with Crippen molar-refractivity contribution in [1.29, 1.82) is 0 Å². The summed E-state index contributed by atoms with van der Waals surface area (Å²) in [4.78, 5) is 0. The zero-order valence-corrected chi connectivity index (χ0v) is 10.9.